The molecule has 21 heavy (non-hydrogen) atoms. The zero-order valence-electron chi connectivity index (χ0n) is 13.1. The smallest absolute Gasteiger partial charge is 0.346 e. The first-order chi connectivity index (χ1) is 10.1. The van der Waals surface area contributed by atoms with Gasteiger partial charge in [-0.2, -0.15) is 0 Å². The summed E-state index contributed by atoms with van der Waals surface area (Å²) in [7, 11) is 0. The molecule has 0 amide bonds. The number of carbonyl (C=O) groups is 2. The third-order valence-electron chi connectivity index (χ3n) is 4.44. The minimum atomic E-state index is -0.920. The molecular weight excluding hydrogens is 272 g/mol. The van der Waals surface area contributed by atoms with Crippen LogP contribution in [-0.4, -0.2) is 36.4 Å². The van der Waals surface area contributed by atoms with Crippen LogP contribution in [0.3, 0.4) is 0 Å². The van der Waals surface area contributed by atoms with Crippen molar-refractivity contribution in [3.8, 4) is 0 Å². The normalized spacial score (nSPS) is 32.3. The van der Waals surface area contributed by atoms with Crippen LogP contribution in [-0.2, 0) is 23.8 Å². The third-order valence-corrected chi connectivity index (χ3v) is 4.44. The maximum absolute atomic E-state index is 12.4. The van der Waals surface area contributed by atoms with Crippen molar-refractivity contribution in [1.29, 1.82) is 0 Å². The second kappa shape index (κ2) is 6.88. The van der Waals surface area contributed by atoms with Crippen LogP contribution >= 0.6 is 0 Å². The summed E-state index contributed by atoms with van der Waals surface area (Å²) in [6, 6.07) is 0. The number of hydrogen-bond acceptors (Lipinski definition) is 5. The van der Waals surface area contributed by atoms with Gasteiger partial charge in [0.25, 0.3) is 0 Å². The van der Waals surface area contributed by atoms with E-state index in [0.29, 0.717) is 38.9 Å². The van der Waals surface area contributed by atoms with Crippen LogP contribution in [0.25, 0.3) is 0 Å². The lowest BCUT2D eigenvalue weighted by Crippen LogP contribution is -2.46. The standard InChI is InChI=1S/C16H26O5/c1-3-7-15(9-5-11-19-15)13(17)21-14(18)16(8-4-2)10-6-12-20-16/h3-12H2,1-2H3/t15-,16-/m1/s1. The Morgan fingerprint density at radius 1 is 0.905 bits per heavy atom. The number of rotatable bonds is 6. The van der Waals surface area contributed by atoms with Crippen molar-refractivity contribution < 1.29 is 23.8 Å². The van der Waals surface area contributed by atoms with E-state index < -0.39 is 23.1 Å². The molecule has 2 saturated heterocycles. The Labute approximate surface area is 126 Å². The molecule has 2 aliphatic heterocycles. The zero-order chi connectivity index (χ0) is 15.3. The molecule has 5 nitrogen and oxygen atoms in total. The maximum Gasteiger partial charge on any atom is 0.346 e. The lowest BCUT2D eigenvalue weighted by molar-refractivity contribution is -0.187. The van der Waals surface area contributed by atoms with Crippen molar-refractivity contribution in [2.45, 2.75) is 76.4 Å². The number of carbonyl (C=O) groups excluding carboxylic acids is 2. The zero-order valence-corrected chi connectivity index (χ0v) is 13.1. The van der Waals surface area contributed by atoms with Gasteiger partial charge in [0.05, 0.1) is 0 Å². The van der Waals surface area contributed by atoms with Gasteiger partial charge in [-0.15, -0.1) is 0 Å². The van der Waals surface area contributed by atoms with Crippen LogP contribution in [0, 0.1) is 0 Å². The van der Waals surface area contributed by atoms with Gasteiger partial charge in [-0.3, -0.25) is 0 Å². The van der Waals surface area contributed by atoms with Gasteiger partial charge < -0.3 is 14.2 Å². The summed E-state index contributed by atoms with van der Waals surface area (Å²) in [5.74, 6) is -1.06. The van der Waals surface area contributed by atoms with E-state index in [1.165, 1.54) is 0 Å². The topological polar surface area (TPSA) is 61.8 Å². The predicted octanol–water partition coefficient (Wildman–Crippen LogP) is 2.75. The summed E-state index contributed by atoms with van der Waals surface area (Å²) in [4.78, 5) is 24.9. The molecule has 2 atom stereocenters. The van der Waals surface area contributed by atoms with Crippen molar-refractivity contribution in [2.75, 3.05) is 13.2 Å². The molecule has 0 aromatic carbocycles. The summed E-state index contributed by atoms with van der Waals surface area (Å²) >= 11 is 0. The van der Waals surface area contributed by atoms with Crippen LogP contribution in [0.5, 0.6) is 0 Å². The van der Waals surface area contributed by atoms with Gasteiger partial charge in [0.15, 0.2) is 11.2 Å². The molecule has 2 rings (SSSR count). The third kappa shape index (κ3) is 3.29. The Kier molecular flexibility index (Phi) is 5.38. The minimum absolute atomic E-state index is 0.530. The number of esters is 2. The summed E-state index contributed by atoms with van der Waals surface area (Å²) < 4.78 is 16.5. The molecule has 0 unspecified atom stereocenters. The molecule has 2 aliphatic rings. The van der Waals surface area contributed by atoms with Crippen LogP contribution in [0.15, 0.2) is 0 Å². The summed E-state index contributed by atoms with van der Waals surface area (Å²) in [6.07, 6.45) is 5.77. The van der Waals surface area contributed by atoms with Gasteiger partial charge in [0.1, 0.15) is 0 Å². The first-order valence-electron chi connectivity index (χ1n) is 8.13. The molecule has 0 spiro atoms. The van der Waals surface area contributed by atoms with E-state index in [1.54, 1.807) is 0 Å². The SMILES string of the molecule is CCC[C@]1(C(=O)OC(=O)[C@@]2(CCC)CCCO2)CCCO1. The molecule has 0 aromatic heterocycles. The van der Waals surface area contributed by atoms with E-state index in [-0.39, 0.29) is 0 Å². The summed E-state index contributed by atoms with van der Waals surface area (Å²) in [5.41, 5.74) is -1.84. The Morgan fingerprint density at radius 2 is 1.33 bits per heavy atom. The molecule has 5 heteroatoms. The fourth-order valence-electron chi connectivity index (χ4n) is 3.39. The Balaban J connectivity index is 2.05. The average molecular weight is 298 g/mol. The molecule has 0 radical (unpaired) electrons. The van der Waals surface area contributed by atoms with Gasteiger partial charge in [-0.05, 0) is 38.5 Å². The van der Waals surface area contributed by atoms with Crippen molar-refractivity contribution in [3.05, 3.63) is 0 Å². The van der Waals surface area contributed by atoms with Gasteiger partial charge in [-0.25, -0.2) is 9.59 Å². The molecular formula is C16H26O5. The second-order valence-electron chi connectivity index (χ2n) is 6.07. The molecule has 0 N–H and O–H groups in total. The van der Waals surface area contributed by atoms with Crippen LogP contribution in [0.4, 0.5) is 0 Å². The van der Waals surface area contributed by atoms with E-state index in [4.69, 9.17) is 14.2 Å². The molecule has 120 valence electrons. The van der Waals surface area contributed by atoms with Gasteiger partial charge in [0, 0.05) is 13.2 Å². The quantitative estimate of drug-likeness (QED) is 0.557. The first-order valence-corrected chi connectivity index (χ1v) is 8.13. The lowest BCUT2D eigenvalue weighted by Gasteiger charge is -2.29. The van der Waals surface area contributed by atoms with Crippen molar-refractivity contribution >= 4 is 11.9 Å². The fourth-order valence-corrected chi connectivity index (χ4v) is 3.39. The van der Waals surface area contributed by atoms with Gasteiger partial charge in [-0.1, -0.05) is 26.7 Å². The average Bonchev–Trinajstić information content (AvgIpc) is 3.10. The Morgan fingerprint density at radius 3 is 1.62 bits per heavy atom. The molecule has 2 heterocycles. The van der Waals surface area contributed by atoms with E-state index >= 15 is 0 Å². The van der Waals surface area contributed by atoms with Crippen molar-refractivity contribution in [1.82, 2.24) is 0 Å². The van der Waals surface area contributed by atoms with E-state index in [2.05, 4.69) is 0 Å². The largest absolute Gasteiger partial charge is 0.389 e. The number of ether oxygens (including phenoxy) is 3. The van der Waals surface area contributed by atoms with Crippen molar-refractivity contribution in [2.24, 2.45) is 0 Å². The monoisotopic (exact) mass is 298 g/mol. The Bertz CT molecular complexity index is 342. The fraction of sp³-hybridized carbons (Fsp3) is 0.875. The summed E-state index contributed by atoms with van der Waals surface area (Å²) in [6.45, 7) is 5.11. The van der Waals surface area contributed by atoms with Gasteiger partial charge in [0.2, 0.25) is 0 Å². The first kappa shape index (κ1) is 16.4. The number of hydrogen-bond donors (Lipinski definition) is 0. The lowest BCUT2D eigenvalue weighted by atomic mass is 9.93. The molecule has 2 fully saturated rings. The van der Waals surface area contributed by atoms with Crippen LogP contribution in [0.1, 0.15) is 65.2 Å². The van der Waals surface area contributed by atoms with E-state index in [9.17, 15) is 9.59 Å². The van der Waals surface area contributed by atoms with E-state index in [0.717, 1.165) is 25.7 Å². The van der Waals surface area contributed by atoms with Crippen molar-refractivity contribution in [3.63, 3.8) is 0 Å². The minimum Gasteiger partial charge on any atom is -0.389 e. The maximum atomic E-state index is 12.4. The molecule has 0 aromatic rings. The highest BCUT2D eigenvalue weighted by Crippen LogP contribution is 2.35. The van der Waals surface area contributed by atoms with E-state index in [1.807, 2.05) is 13.8 Å². The second-order valence-corrected chi connectivity index (χ2v) is 6.07. The highest BCUT2D eigenvalue weighted by Gasteiger charge is 2.49. The molecule has 0 saturated carbocycles. The molecule has 0 bridgehead atoms. The molecule has 0 aliphatic carbocycles. The van der Waals surface area contributed by atoms with Crippen LogP contribution in [0.2, 0.25) is 0 Å². The van der Waals surface area contributed by atoms with Crippen LogP contribution < -0.4 is 0 Å². The summed E-state index contributed by atoms with van der Waals surface area (Å²) in [5, 5.41) is 0. The Hall–Kier alpha value is -0.940. The highest BCUT2D eigenvalue weighted by molar-refractivity contribution is 5.94. The predicted molar refractivity (Wildman–Crippen MR) is 76.7 cm³/mol. The highest BCUT2D eigenvalue weighted by atomic mass is 16.6. The van der Waals surface area contributed by atoms with Gasteiger partial charge >= 0.3 is 11.9 Å².